The third-order valence-electron chi connectivity index (χ3n) is 7.82. The number of carbonyl (C=O) groups excluding carboxylic acids is 2. The van der Waals surface area contributed by atoms with Crippen LogP contribution in [0.3, 0.4) is 0 Å². The first-order chi connectivity index (χ1) is 18.8. The lowest BCUT2D eigenvalue weighted by Gasteiger charge is -2.28. The summed E-state index contributed by atoms with van der Waals surface area (Å²) in [6.07, 6.45) is 9.78. The second-order valence-corrected chi connectivity index (χ2v) is 11.5. The number of amides is 2. The molecule has 0 aromatic heterocycles. The molecule has 7 nitrogen and oxygen atoms in total. The predicted molar refractivity (Wildman–Crippen MR) is 159 cm³/mol. The van der Waals surface area contributed by atoms with Crippen molar-refractivity contribution in [1.82, 2.24) is 15.5 Å². The van der Waals surface area contributed by atoms with E-state index in [1.165, 1.54) is 32.1 Å². The van der Waals surface area contributed by atoms with Gasteiger partial charge in [0.15, 0.2) is 0 Å². The lowest BCUT2D eigenvalue weighted by molar-refractivity contribution is -0.131. The van der Waals surface area contributed by atoms with Crippen LogP contribution in [0.1, 0.15) is 84.1 Å². The maximum atomic E-state index is 13.6. The summed E-state index contributed by atoms with van der Waals surface area (Å²) in [4.78, 5) is 29.4. The Bertz CT molecular complexity index is 1040. The van der Waals surface area contributed by atoms with Gasteiger partial charge in [0.25, 0.3) is 0 Å². The second kappa shape index (κ2) is 16.0. The number of carbonyl (C=O) groups is 2. The summed E-state index contributed by atoms with van der Waals surface area (Å²) in [5.74, 6) is -1.16. The van der Waals surface area contributed by atoms with Crippen LogP contribution in [-0.2, 0) is 16.0 Å². The predicted octanol–water partition coefficient (Wildman–Crippen LogP) is 4.23. The van der Waals surface area contributed by atoms with Gasteiger partial charge in [-0.1, -0.05) is 95.3 Å². The highest BCUT2D eigenvalue weighted by atomic mass is 16.4. The summed E-state index contributed by atoms with van der Waals surface area (Å²) in [5.41, 5.74) is 0.967. The lowest BCUT2D eigenvalue weighted by atomic mass is 9.75. The molecule has 214 valence electrons. The molecule has 1 fully saturated rings. The summed E-state index contributed by atoms with van der Waals surface area (Å²) in [5, 5.41) is 27.8. The number of nitrogens with zero attached hydrogens (tertiary/aromatic N) is 1. The second-order valence-electron chi connectivity index (χ2n) is 11.5. The van der Waals surface area contributed by atoms with Gasteiger partial charge in [0.05, 0.1) is 12.0 Å². The summed E-state index contributed by atoms with van der Waals surface area (Å²) >= 11 is 0. The Labute approximate surface area is 234 Å². The van der Waals surface area contributed by atoms with Crippen LogP contribution in [0.5, 0.6) is 0 Å². The van der Waals surface area contributed by atoms with Gasteiger partial charge >= 0.3 is 7.12 Å². The van der Waals surface area contributed by atoms with E-state index < -0.39 is 25.0 Å². The van der Waals surface area contributed by atoms with Gasteiger partial charge in [0, 0.05) is 6.42 Å². The number of fused-ring (bicyclic) bond motifs is 1. The van der Waals surface area contributed by atoms with E-state index in [1.807, 2.05) is 56.3 Å². The van der Waals surface area contributed by atoms with Crippen LogP contribution in [0.25, 0.3) is 10.8 Å². The van der Waals surface area contributed by atoms with Crippen LogP contribution < -0.4 is 10.6 Å². The lowest BCUT2D eigenvalue weighted by Crippen LogP contribution is -2.57. The molecule has 2 aromatic carbocycles. The number of benzene rings is 2. The molecule has 39 heavy (non-hydrogen) atoms. The molecular weight excluding hydrogens is 489 g/mol. The van der Waals surface area contributed by atoms with Crippen molar-refractivity contribution in [2.24, 2.45) is 5.92 Å². The molecule has 1 aliphatic heterocycles. The standard InChI is InChI=1S/C31H48BN3O4/c1-4-5-6-7-8-11-19-35-20-13-18-28(35)31(37)33-27(30(36)34-29(32(38)39)21-23(2)3)22-25-16-12-15-24-14-9-10-17-26(24)25/h9-10,12,14-17,23,27-29,38-39H,4-8,11,13,18-22H2,1-3H3,(H,33,37)(H,34,36)/t27-,28-,29-/m0/s1. The van der Waals surface area contributed by atoms with E-state index in [1.54, 1.807) is 0 Å². The number of rotatable bonds is 16. The van der Waals surface area contributed by atoms with E-state index in [9.17, 15) is 19.6 Å². The Morgan fingerprint density at radius 3 is 2.46 bits per heavy atom. The topological polar surface area (TPSA) is 102 Å². The highest BCUT2D eigenvalue weighted by Gasteiger charge is 2.34. The van der Waals surface area contributed by atoms with Gasteiger partial charge < -0.3 is 20.7 Å². The van der Waals surface area contributed by atoms with E-state index in [4.69, 9.17) is 0 Å². The van der Waals surface area contributed by atoms with Crippen molar-refractivity contribution in [3.63, 3.8) is 0 Å². The molecule has 0 unspecified atom stereocenters. The fraction of sp³-hybridized carbons (Fsp3) is 0.613. The number of unbranched alkanes of at least 4 members (excludes halogenated alkanes) is 5. The van der Waals surface area contributed by atoms with E-state index in [2.05, 4.69) is 22.5 Å². The van der Waals surface area contributed by atoms with Crippen LogP contribution in [0.4, 0.5) is 0 Å². The van der Waals surface area contributed by atoms with Gasteiger partial charge in [0.2, 0.25) is 11.8 Å². The van der Waals surface area contributed by atoms with E-state index in [0.717, 1.165) is 48.7 Å². The molecule has 0 bridgehead atoms. The van der Waals surface area contributed by atoms with Crippen molar-refractivity contribution in [1.29, 1.82) is 0 Å². The highest BCUT2D eigenvalue weighted by molar-refractivity contribution is 6.43. The number of hydrogen-bond donors (Lipinski definition) is 4. The van der Waals surface area contributed by atoms with Crippen LogP contribution in [-0.4, -0.2) is 65.0 Å². The van der Waals surface area contributed by atoms with Gasteiger partial charge in [-0.2, -0.15) is 0 Å². The van der Waals surface area contributed by atoms with Gasteiger partial charge in [-0.15, -0.1) is 0 Å². The zero-order chi connectivity index (χ0) is 28.2. The first kappa shape index (κ1) is 31.1. The summed E-state index contributed by atoms with van der Waals surface area (Å²) in [7, 11) is -1.67. The third-order valence-corrected chi connectivity index (χ3v) is 7.82. The summed E-state index contributed by atoms with van der Waals surface area (Å²) in [6, 6.07) is 12.9. The zero-order valence-electron chi connectivity index (χ0n) is 24.1. The zero-order valence-corrected chi connectivity index (χ0v) is 24.1. The first-order valence-corrected chi connectivity index (χ1v) is 15.0. The molecule has 3 atom stereocenters. The van der Waals surface area contributed by atoms with Gasteiger partial charge in [-0.3, -0.25) is 14.5 Å². The molecule has 1 heterocycles. The maximum Gasteiger partial charge on any atom is 0.475 e. The van der Waals surface area contributed by atoms with Gasteiger partial charge in [-0.05, 0) is 61.0 Å². The van der Waals surface area contributed by atoms with Crippen molar-refractivity contribution in [2.75, 3.05) is 13.1 Å². The summed E-state index contributed by atoms with van der Waals surface area (Å²) in [6.45, 7) is 7.96. The minimum absolute atomic E-state index is 0.121. The number of nitrogens with one attached hydrogen (secondary N) is 2. The van der Waals surface area contributed by atoms with Crippen LogP contribution in [0, 0.1) is 5.92 Å². The highest BCUT2D eigenvalue weighted by Crippen LogP contribution is 2.22. The molecular formula is C31H48BN3O4. The quantitative estimate of drug-likeness (QED) is 0.190. The SMILES string of the molecule is CCCCCCCCN1CCC[C@H]1C(=O)N[C@@H](Cc1cccc2ccccc12)C(=O)N[C@@H](CC(C)C)B(O)O. The van der Waals surface area contributed by atoms with Crippen molar-refractivity contribution in [2.45, 2.75) is 103 Å². The molecule has 2 aromatic rings. The Morgan fingerprint density at radius 2 is 1.72 bits per heavy atom. The van der Waals surface area contributed by atoms with Crippen LogP contribution in [0.15, 0.2) is 42.5 Å². The van der Waals surface area contributed by atoms with Crippen molar-refractivity contribution < 1.29 is 19.6 Å². The largest absolute Gasteiger partial charge is 0.475 e. The normalized spacial score (nSPS) is 17.3. The molecule has 0 saturated carbocycles. The van der Waals surface area contributed by atoms with Crippen molar-refractivity contribution >= 4 is 29.7 Å². The molecule has 8 heteroatoms. The molecule has 0 radical (unpaired) electrons. The smallest absolute Gasteiger partial charge is 0.426 e. The summed E-state index contributed by atoms with van der Waals surface area (Å²) < 4.78 is 0. The molecule has 0 spiro atoms. The number of likely N-dealkylation sites (tertiary alicyclic amines) is 1. The van der Waals surface area contributed by atoms with Crippen LogP contribution in [0.2, 0.25) is 0 Å². The monoisotopic (exact) mass is 537 g/mol. The van der Waals surface area contributed by atoms with Crippen LogP contribution >= 0.6 is 0 Å². The third kappa shape index (κ3) is 9.62. The molecule has 3 rings (SSSR count). The maximum absolute atomic E-state index is 13.6. The molecule has 2 amide bonds. The van der Waals surface area contributed by atoms with E-state index in [0.29, 0.717) is 12.8 Å². The van der Waals surface area contributed by atoms with Gasteiger partial charge in [0.1, 0.15) is 6.04 Å². The average molecular weight is 538 g/mol. The minimum Gasteiger partial charge on any atom is -0.426 e. The molecule has 0 aliphatic carbocycles. The Balaban J connectivity index is 1.73. The van der Waals surface area contributed by atoms with E-state index in [-0.39, 0.29) is 17.9 Å². The Kier molecular flexibility index (Phi) is 12.8. The molecule has 1 aliphatic rings. The molecule has 1 saturated heterocycles. The fourth-order valence-electron chi connectivity index (χ4n) is 5.70. The average Bonchev–Trinajstić information content (AvgIpc) is 3.38. The van der Waals surface area contributed by atoms with Gasteiger partial charge in [-0.25, -0.2) is 0 Å². The Morgan fingerprint density at radius 1 is 1.00 bits per heavy atom. The number of hydrogen-bond acceptors (Lipinski definition) is 5. The minimum atomic E-state index is -1.67. The van der Waals surface area contributed by atoms with Crippen molar-refractivity contribution in [3.05, 3.63) is 48.0 Å². The van der Waals surface area contributed by atoms with Crippen molar-refractivity contribution in [3.8, 4) is 0 Å². The first-order valence-electron chi connectivity index (χ1n) is 15.0. The fourth-order valence-corrected chi connectivity index (χ4v) is 5.70. The van der Waals surface area contributed by atoms with E-state index >= 15 is 0 Å². The molecule has 4 N–H and O–H groups in total. The Hall–Kier alpha value is -2.42.